The number of nitrogens with one attached hydrogen (secondary N) is 1. The average molecular weight is 433 g/mol. The molecule has 8 heteroatoms. The molecule has 0 bridgehead atoms. The SMILES string of the molecule is CS(=O)(=O)N(CC(=O)NCCCOC1CCCC1)c1ccccc1Br. The molecule has 25 heavy (non-hydrogen) atoms. The van der Waals surface area contributed by atoms with Crippen LogP contribution in [0.25, 0.3) is 0 Å². The summed E-state index contributed by atoms with van der Waals surface area (Å²) >= 11 is 3.33. The first-order chi connectivity index (χ1) is 11.9. The highest BCUT2D eigenvalue weighted by Gasteiger charge is 2.22. The highest BCUT2D eigenvalue weighted by Crippen LogP contribution is 2.27. The maximum Gasteiger partial charge on any atom is 0.240 e. The number of benzene rings is 1. The van der Waals surface area contributed by atoms with Crippen LogP contribution in [0.1, 0.15) is 32.1 Å². The van der Waals surface area contributed by atoms with E-state index < -0.39 is 10.0 Å². The van der Waals surface area contributed by atoms with E-state index in [0.29, 0.717) is 29.4 Å². The highest BCUT2D eigenvalue weighted by atomic mass is 79.9. The van der Waals surface area contributed by atoms with Gasteiger partial charge in [-0.2, -0.15) is 0 Å². The molecule has 1 aliphatic rings. The molecule has 1 aromatic carbocycles. The van der Waals surface area contributed by atoms with Gasteiger partial charge in [0.05, 0.1) is 18.0 Å². The van der Waals surface area contributed by atoms with Gasteiger partial charge in [-0.15, -0.1) is 0 Å². The van der Waals surface area contributed by atoms with Gasteiger partial charge in [-0.1, -0.05) is 25.0 Å². The lowest BCUT2D eigenvalue weighted by Gasteiger charge is -2.23. The molecule has 0 heterocycles. The molecule has 1 saturated carbocycles. The van der Waals surface area contributed by atoms with Crippen molar-refractivity contribution in [1.29, 1.82) is 0 Å². The van der Waals surface area contributed by atoms with Gasteiger partial charge in [0.1, 0.15) is 6.54 Å². The van der Waals surface area contributed by atoms with Gasteiger partial charge < -0.3 is 10.1 Å². The summed E-state index contributed by atoms with van der Waals surface area (Å²) in [5, 5.41) is 2.76. The van der Waals surface area contributed by atoms with E-state index in [2.05, 4.69) is 21.2 Å². The minimum atomic E-state index is -3.56. The second kappa shape index (κ2) is 9.54. The summed E-state index contributed by atoms with van der Waals surface area (Å²) in [6.45, 7) is 0.842. The number of halogens is 1. The number of amides is 1. The Labute approximate surface area is 158 Å². The number of para-hydroxylation sites is 1. The van der Waals surface area contributed by atoms with Crippen LogP contribution in [-0.4, -0.2) is 46.4 Å². The predicted octanol–water partition coefficient (Wildman–Crippen LogP) is 2.68. The standard InChI is InChI=1S/C17H25BrN2O4S/c1-25(22,23)20(16-10-5-4-9-15(16)18)13-17(21)19-11-6-12-24-14-7-2-3-8-14/h4-5,9-10,14H,2-3,6-8,11-13H2,1H3,(H,19,21). The van der Waals surface area contributed by atoms with Crippen molar-refractivity contribution in [3.05, 3.63) is 28.7 Å². The molecule has 1 aliphatic carbocycles. The molecule has 140 valence electrons. The predicted molar refractivity (Wildman–Crippen MR) is 102 cm³/mol. The number of carbonyl (C=O) groups excluding carboxylic acids is 1. The van der Waals surface area contributed by atoms with Gasteiger partial charge in [0, 0.05) is 17.6 Å². The van der Waals surface area contributed by atoms with Crippen molar-refractivity contribution in [1.82, 2.24) is 5.32 Å². The largest absolute Gasteiger partial charge is 0.378 e. The zero-order chi connectivity index (χ0) is 18.3. The number of hydrogen-bond acceptors (Lipinski definition) is 4. The monoisotopic (exact) mass is 432 g/mol. The number of sulfonamides is 1. The fourth-order valence-electron chi connectivity index (χ4n) is 2.83. The summed E-state index contributed by atoms with van der Waals surface area (Å²) < 4.78 is 31.6. The Morgan fingerprint density at radius 3 is 2.64 bits per heavy atom. The van der Waals surface area contributed by atoms with Crippen LogP contribution in [0.4, 0.5) is 5.69 Å². The van der Waals surface area contributed by atoms with Crippen molar-refractivity contribution in [3.8, 4) is 0 Å². The van der Waals surface area contributed by atoms with Crippen LogP contribution in [0.3, 0.4) is 0 Å². The lowest BCUT2D eigenvalue weighted by Crippen LogP contribution is -2.41. The van der Waals surface area contributed by atoms with E-state index >= 15 is 0 Å². The van der Waals surface area contributed by atoms with E-state index in [1.165, 1.54) is 12.8 Å². The van der Waals surface area contributed by atoms with Crippen LogP contribution in [0.5, 0.6) is 0 Å². The van der Waals surface area contributed by atoms with Crippen molar-refractivity contribution >= 4 is 37.5 Å². The third-order valence-corrected chi connectivity index (χ3v) is 5.90. The Kier molecular flexibility index (Phi) is 7.71. The maximum atomic E-state index is 12.1. The average Bonchev–Trinajstić information content (AvgIpc) is 3.05. The number of ether oxygens (including phenoxy) is 1. The Bertz CT molecular complexity index is 675. The molecule has 1 amide bonds. The molecule has 0 saturated heterocycles. The molecule has 6 nitrogen and oxygen atoms in total. The van der Waals surface area contributed by atoms with Gasteiger partial charge >= 0.3 is 0 Å². The Morgan fingerprint density at radius 2 is 2.00 bits per heavy atom. The highest BCUT2D eigenvalue weighted by molar-refractivity contribution is 9.10. The number of hydrogen-bond donors (Lipinski definition) is 1. The Morgan fingerprint density at radius 1 is 1.32 bits per heavy atom. The number of rotatable bonds is 9. The summed E-state index contributed by atoms with van der Waals surface area (Å²) in [4.78, 5) is 12.1. The van der Waals surface area contributed by atoms with E-state index in [0.717, 1.165) is 29.8 Å². The molecule has 1 N–H and O–H groups in total. The van der Waals surface area contributed by atoms with Crippen LogP contribution in [0.15, 0.2) is 28.7 Å². The molecule has 2 rings (SSSR count). The molecule has 0 aromatic heterocycles. The number of carbonyl (C=O) groups is 1. The molecule has 0 aliphatic heterocycles. The van der Waals surface area contributed by atoms with Crippen LogP contribution in [0.2, 0.25) is 0 Å². The first kappa shape index (κ1) is 20.2. The van der Waals surface area contributed by atoms with Crippen molar-refractivity contribution in [2.45, 2.75) is 38.2 Å². The molecule has 0 unspecified atom stereocenters. The quantitative estimate of drug-likeness (QED) is 0.608. The zero-order valence-corrected chi connectivity index (χ0v) is 16.8. The lowest BCUT2D eigenvalue weighted by molar-refractivity contribution is -0.119. The summed E-state index contributed by atoms with van der Waals surface area (Å²) in [5.41, 5.74) is 0.449. The summed E-state index contributed by atoms with van der Waals surface area (Å²) in [7, 11) is -3.56. The smallest absolute Gasteiger partial charge is 0.240 e. The van der Waals surface area contributed by atoms with Crippen LogP contribution < -0.4 is 9.62 Å². The van der Waals surface area contributed by atoms with E-state index in [4.69, 9.17) is 4.74 Å². The van der Waals surface area contributed by atoms with E-state index in [-0.39, 0.29) is 12.5 Å². The van der Waals surface area contributed by atoms with Crippen LogP contribution in [0, 0.1) is 0 Å². The van der Waals surface area contributed by atoms with Gasteiger partial charge in [-0.25, -0.2) is 8.42 Å². The first-order valence-corrected chi connectivity index (χ1v) is 11.1. The maximum absolute atomic E-state index is 12.1. The van der Waals surface area contributed by atoms with Gasteiger partial charge in [0.25, 0.3) is 0 Å². The summed E-state index contributed by atoms with van der Waals surface area (Å²) in [6, 6.07) is 6.93. The van der Waals surface area contributed by atoms with Gasteiger partial charge in [-0.05, 0) is 47.3 Å². The number of nitrogens with zero attached hydrogens (tertiary/aromatic N) is 1. The van der Waals surface area contributed by atoms with Gasteiger partial charge in [0.15, 0.2) is 0 Å². The van der Waals surface area contributed by atoms with E-state index in [1.807, 2.05) is 0 Å². The van der Waals surface area contributed by atoms with Gasteiger partial charge in [-0.3, -0.25) is 9.10 Å². The topological polar surface area (TPSA) is 75.7 Å². The minimum Gasteiger partial charge on any atom is -0.378 e. The van der Waals surface area contributed by atoms with Crippen LogP contribution >= 0.6 is 15.9 Å². The fourth-order valence-corrected chi connectivity index (χ4v) is 4.31. The second-order valence-electron chi connectivity index (χ2n) is 6.20. The van der Waals surface area contributed by atoms with Crippen molar-refractivity contribution < 1.29 is 17.9 Å². The van der Waals surface area contributed by atoms with Crippen molar-refractivity contribution in [2.75, 3.05) is 30.3 Å². The third-order valence-electron chi connectivity index (χ3n) is 4.11. The molecule has 0 spiro atoms. The third kappa shape index (κ3) is 6.60. The van der Waals surface area contributed by atoms with Crippen molar-refractivity contribution in [2.24, 2.45) is 0 Å². The molecule has 0 radical (unpaired) electrons. The molecule has 0 atom stereocenters. The van der Waals surface area contributed by atoms with E-state index in [9.17, 15) is 13.2 Å². The minimum absolute atomic E-state index is 0.245. The molecular formula is C17H25BrN2O4S. The van der Waals surface area contributed by atoms with Crippen LogP contribution in [-0.2, 0) is 19.6 Å². The van der Waals surface area contributed by atoms with Gasteiger partial charge in [0.2, 0.25) is 15.9 Å². The summed E-state index contributed by atoms with van der Waals surface area (Å²) in [6.07, 6.45) is 6.90. The molecule has 1 aromatic rings. The lowest BCUT2D eigenvalue weighted by atomic mass is 10.3. The Hall–Kier alpha value is -1.12. The fraction of sp³-hybridized carbons (Fsp3) is 0.588. The van der Waals surface area contributed by atoms with E-state index in [1.54, 1.807) is 24.3 Å². The number of anilines is 1. The molecular weight excluding hydrogens is 408 g/mol. The Balaban J connectivity index is 1.80. The normalized spacial score (nSPS) is 15.3. The summed E-state index contributed by atoms with van der Waals surface area (Å²) in [5.74, 6) is -0.331. The first-order valence-electron chi connectivity index (χ1n) is 8.48. The zero-order valence-electron chi connectivity index (χ0n) is 14.4. The van der Waals surface area contributed by atoms with Crippen molar-refractivity contribution in [3.63, 3.8) is 0 Å². The second-order valence-corrected chi connectivity index (χ2v) is 8.96. The molecule has 1 fully saturated rings.